The van der Waals surface area contributed by atoms with Crippen LogP contribution in [0, 0.1) is 5.82 Å². The fourth-order valence-electron chi connectivity index (χ4n) is 2.15. The lowest BCUT2D eigenvalue weighted by Gasteiger charge is -2.04. The van der Waals surface area contributed by atoms with Crippen molar-refractivity contribution in [3.8, 4) is 17.0 Å². The molecular weight excluding hydrogens is 301 g/mol. The summed E-state index contributed by atoms with van der Waals surface area (Å²) in [6, 6.07) is 6.08. The molecule has 2 rings (SSSR count). The van der Waals surface area contributed by atoms with Crippen LogP contribution >= 0.6 is 0 Å². The van der Waals surface area contributed by atoms with E-state index >= 15 is 0 Å². The standard InChI is InChI=1S/C16H20FN3O3/c1-20-15(16(21)18-7-4-8-22-2)10-14(19-20)12-6-5-11(23-3)9-13(12)17/h5-6,9-10H,4,7-8H2,1-3H3,(H,18,21). The minimum Gasteiger partial charge on any atom is -0.497 e. The Kier molecular flexibility index (Phi) is 5.70. The van der Waals surface area contributed by atoms with Crippen LogP contribution in [-0.2, 0) is 11.8 Å². The maximum absolute atomic E-state index is 14.1. The normalized spacial score (nSPS) is 10.6. The molecule has 2 aromatic rings. The average Bonchev–Trinajstić information content (AvgIpc) is 2.92. The second-order valence-corrected chi connectivity index (χ2v) is 4.99. The van der Waals surface area contributed by atoms with Crippen LogP contribution < -0.4 is 10.1 Å². The molecule has 0 spiro atoms. The Balaban J connectivity index is 2.16. The van der Waals surface area contributed by atoms with Crippen molar-refractivity contribution in [2.24, 2.45) is 7.05 Å². The number of amides is 1. The molecule has 1 heterocycles. The van der Waals surface area contributed by atoms with Crippen LogP contribution in [0.25, 0.3) is 11.3 Å². The molecule has 23 heavy (non-hydrogen) atoms. The first-order valence-corrected chi connectivity index (χ1v) is 7.22. The molecule has 0 atom stereocenters. The van der Waals surface area contributed by atoms with Gasteiger partial charge in [0.1, 0.15) is 17.3 Å². The van der Waals surface area contributed by atoms with Crippen molar-refractivity contribution in [2.75, 3.05) is 27.4 Å². The Morgan fingerprint density at radius 3 is 2.78 bits per heavy atom. The molecule has 7 heteroatoms. The molecule has 1 aromatic heterocycles. The zero-order valence-electron chi connectivity index (χ0n) is 13.4. The molecule has 6 nitrogen and oxygen atoms in total. The largest absolute Gasteiger partial charge is 0.497 e. The fraction of sp³-hybridized carbons (Fsp3) is 0.375. The summed E-state index contributed by atoms with van der Waals surface area (Å²) in [5.41, 5.74) is 1.09. The first kappa shape index (κ1) is 17.0. The fourth-order valence-corrected chi connectivity index (χ4v) is 2.15. The van der Waals surface area contributed by atoms with Gasteiger partial charge in [0.2, 0.25) is 0 Å². The summed E-state index contributed by atoms with van der Waals surface area (Å²) >= 11 is 0. The smallest absolute Gasteiger partial charge is 0.269 e. The van der Waals surface area contributed by atoms with Gasteiger partial charge in [0.15, 0.2) is 0 Å². The van der Waals surface area contributed by atoms with Gasteiger partial charge in [-0.1, -0.05) is 0 Å². The quantitative estimate of drug-likeness (QED) is 0.792. The minimum atomic E-state index is -0.450. The van der Waals surface area contributed by atoms with Crippen molar-refractivity contribution in [2.45, 2.75) is 6.42 Å². The van der Waals surface area contributed by atoms with Gasteiger partial charge in [0, 0.05) is 38.9 Å². The van der Waals surface area contributed by atoms with Crippen LogP contribution in [0.5, 0.6) is 5.75 Å². The van der Waals surface area contributed by atoms with Gasteiger partial charge >= 0.3 is 0 Å². The number of halogens is 1. The van der Waals surface area contributed by atoms with Crippen molar-refractivity contribution in [1.29, 1.82) is 0 Å². The summed E-state index contributed by atoms with van der Waals surface area (Å²) in [7, 11) is 4.73. The molecule has 1 N–H and O–H groups in total. The van der Waals surface area contributed by atoms with Crippen LogP contribution in [-0.4, -0.2) is 43.1 Å². The number of carbonyl (C=O) groups excluding carboxylic acids is 1. The molecule has 1 aromatic carbocycles. The molecule has 0 aliphatic carbocycles. The van der Waals surface area contributed by atoms with E-state index in [1.165, 1.54) is 17.9 Å². The number of methoxy groups -OCH3 is 2. The van der Waals surface area contributed by atoms with Crippen molar-refractivity contribution in [1.82, 2.24) is 15.1 Å². The van der Waals surface area contributed by atoms with E-state index in [0.717, 1.165) is 6.42 Å². The maximum Gasteiger partial charge on any atom is 0.269 e. The predicted molar refractivity (Wildman–Crippen MR) is 84.0 cm³/mol. The van der Waals surface area contributed by atoms with E-state index in [9.17, 15) is 9.18 Å². The van der Waals surface area contributed by atoms with Crippen LogP contribution in [0.1, 0.15) is 16.9 Å². The van der Waals surface area contributed by atoms with Gasteiger partial charge in [-0.3, -0.25) is 9.48 Å². The molecule has 0 aliphatic rings. The summed E-state index contributed by atoms with van der Waals surface area (Å²) in [6.45, 7) is 1.08. The lowest BCUT2D eigenvalue weighted by Crippen LogP contribution is -2.27. The zero-order valence-corrected chi connectivity index (χ0v) is 13.4. The summed E-state index contributed by atoms with van der Waals surface area (Å²) in [6.07, 6.45) is 0.722. The van der Waals surface area contributed by atoms with Gasteiger partial charge in [-0.2, -0.15) is 5.10 Å². The molecule has 0 saturated heterocycles. The second kappa shape index (κ2) is 7.73. The Bertz CT molecular complexity index is 685. The number of aromatic nitrogens is 2. The minimum absolute atomic E-state index is 0.253. The highest BCUT2D eigenvalue weighted by molar-refractivity contribution is 5.93. The molecule has 0 saturated carbocycles. The molecular formula is C16H20FN3O3. The third-order valence-electron chi connectivity index (χ3n) is 3.38. The molecule has 0 fully saturated rings. The van der Waals surface area contributed by atoms with E-state index in [1.54, 1.807) is 32.4 Å². The van der Waals surface area contributed by atoms with E-state index in [4.69, 9.17) is 9.47 Å². The average molecular weight is 321 g/mol. The number of benzene rings is 1. The van der Waals surface area contributed by atoms with Gasteiger partial charge in [-0.05, 0) is 24.6 Å². The Hall–Kier alpha value is -2.41. The van der Waals surface area contributed by atoms with E-state index in [1.807, 2.05) is 0 Å². The van der Waals surface area contributed by atoms with Gasteiger partial charge < -0.3 is 14.8 Å². The Morgan fingerprint density at radius 1 is 1.35 bits per heavy atom. The summed E-state index contributed by atoms with van der Waals surface area (Å²) in [4.78, 5) is 12.1. The number of nitrogens with zero attached hydrogens (tertiary/aromatic N) is 2. The number of hydrogen-bond donors (Lipinski definition) is 1. The second-order valence-electron chi connectivity index (χ2n) is 4.99. The van der Waals surface area contributed by atoms with E-state index in [-0.39, 0.29) is 5.91 Å². The summed E-state index contributed by atoms with van der Waals surface area (Å²) < 4.78 is 25.4. The monoisotopic (exact) mass is 321 g/mol. The van der Waals surface area contributed by atoms with Gasteiger partial charge in [-0.25, -0.2) is 4.39 Å². The highest BCUT2D eigenvalue weighted by Gasteiger charge is 2.16. The Morgan fingerprint density at radius 2 is 2.13 bits per heavy atom. The number of carbonyl (C=O) groups is 1. The van der Waals surface area contributed by atoms with E-state index < -0.39 is 5.82 Å². The third-order valence-corrected chi connectivity index (χ3v) is 3.38. The molecule has 1 amide bonds. The van der Waals surface area contributed by atoms with Gasteiger partial charge in [0.25, 0.3) is 5.91 Å². The highest BCUT2D eigenvalue weighted by atomic mass is 19.1. The van der Waals surface area contributed by atoms with Crippen LogP contribution in [0.4, 0.5) is 4.39 Å². The van der Waals surface area contributed by atoms with Gasteiger partial charge in [0.05, 0.1) is 12.8 Å². The topological polar surface area (TPSA) is 65.4 Å². The third kappa shape index (κ3) is 4.07. The zero-order chi connectivity index (χ0) is 16.8. The number of ether oxygens (including phenoxy) is 2. The lowest BCUT2D eigenvalue weighted by atomic mass is 10.1. The van der Waals surface area contributed by atoms with E-state index in [2.05, 4.69) is 10.4 Å². The van der Waals surface area contributed by atoms with Crippen LogP contribution in [0.2, 0.25) is 0 Å². The first-order chi connectivity index (χ1) is 11.1. The predicted octanol–water partition coefficient (Wildman–Crippen LogP) is 2.00. The number of aryl methyl sites for hydroxylation is 1. The van der Waals surface area contributed by atoms with E-state index in [0.29, 0.717) is 35.9 Å². The lowest BCUT2D eigenvalue weighted by molar-refractivity contribution is 0.0939. The molecule has 0 aliphatic heterocycles. The molecule has 124 valence electrons. The SMILES string of the molecule is COCCCNC(=O)c1cc(-c2ccc(OC)cc2F)nn1C. The van der Waals surface area contributed by atoms with Gasteiger partial charge in [-0.15, -0.1) is 0 Å². The van der Waals surface area contributed by atoms with Crippen molar-refractivity contribution in [3.63, 3.8) is 0 Å². The Labute approximate surface area is 134 Å². The number of nitrogens with one attached hydrogen (secondary N) is 1. The maximum atomic E-state index is 14.1. The summed E-state index contributed by atoms with van der Waals surface area (Å²) in [5, 5.41) is 6.99. The van der Waals surface area contributed by atoms with Crippen molar-refractivity contribution < 1.29 is 18.7 Å². The molecule has 0 bridgehead atoms. The van der Waals surface area contributed by atoms with Crippen molar-refractivity contribution >= 4 is 5.91 Å². The van der Waals surface area contributed by atoms with Crippen molar-refractivity contribution in [3.05, 3.63) is 35.8 Å². The number of hydrogen-bond acceptors (Lipinski definition) is 4. The first-order valence-electron chi connectivity index (χ1n) is 7.22. The van der Waals surface area contributed by atoms with Crippen LogP contribution in [0.15, 0.2) is 24.3 Å². The highest BCUT2D eigenvalue weighted by Crippen LogP contribution is 2.25. The number of rotatable bonds is 7. The van der Waals surface area contributed by atoms with Crippen LogP contribution in [0.3, 0.4) is 0 Å². The molecule has 0 radical (unpaired) electrons. The molecule has 0 unspecified atom stereocenters. The summed E-state index contributed by atoms with van der Waals surface area (Å²) in [5.74, 6) is -0.274.